The quantitative estimate of drug-likeness (QED) is 0.640. The third-order valence-corrected chi connectivity index (χ3v) is 3.57. The van der Waals surface area contributed by atoms with Gasteiger partial charge >= 0.3 is 0 Å². The molecular weight excluding hydrogens is 254 g/mol. The van der Waals surface area contributed by atoms with E-state index >= 15 is 0 Å². The van der Waals surface area contributed by atoms with Crippen molar-refractivity contribution in [1.82, 2.24) is 10.2 Å². The van der Waals surface area contributed by atoms with Crippen molar-refractivity contribution in [2.24, 2.45) is 0 Å². The second kappa shape index (κ2) is 4.88. The van der Waals surface area contributed by atoms with Gasteiger partial charge in [-0.05, 0) is 31.0 Å². The number of rotatable bonds is 3. The van der Waals surface area contributed by atoms with E-state index in [-0.39, 0.29) is 5.91 Å². The fourth-order valence-corrected chi connectivity index (χ4v) is 2.34. The molecule has 0 unspecified atom stereocenters. The minimum Gasteiger partial charge on any atom is -0.397 e. The third kappa shape index (κ3) is 2.32. The van der Waals surface area contributed by atoms with Gasteiger partial charge in [-0.25, -0.2) is 0 Å². The number of carbonyl (C=O) groups is 1. The molecule has 1 aromatic heterocycles. The van der Waals surface area contributed by atoms with Crippen LogP contribution in [0.15, 0.2) is 18.3 Å². The highest BCUT2D eigenvalue weighted by atomic mass is 16.1. The monoisotopic (exact) mass is 271 g/mol. The number of nitrogens with two attached hydrogens (primary N) is 1. The first-order valence-corrected chi connectivity index (χ1v) is 6.58. The Morgan fingerprint density at radius 2 is 2.25 bits per heavy atom. The fourth-order valence-electron chi connectivity index (χ4n) is 2.34. The number of fused-ring (bicyclic) bond motifs is 1. The van der Waals surface area contributed by atoms with Gasteiger partial charge in [-0.15, -0.1) is 0 Å². The van der Waals surface area contributed by atoms with Crippen LogP contribution in [0.25, 0.3) is 0 Å². The number of nitrogens with zero attached hydrogens (tertiary/aromatic N) is 1. The maximum absolute atomic E-state index is 11.4. The molecular formula is C14H17N5O. The van der Waals surface area contributed by atoms with Crippen molar-refractivity contribution in [1.29, 1.82) is 0 Å². The molecule has 5 N–H and O–H groups in total. The summed E-state index contributed by atoms with van der Waals surface area (Å²) in [4.78, 5) is 11.4. The topological polar surface area (TPSA) is 95.8 Å². The first kappa shape index (κ1) is 12.5. The van der Waals surface area contributed by atoms with E-state index in [0.29, 0.717) is 18.7 Å². The van der Waals surface area contributed by atoms with E-state index in [1.807, 2.05) is 19.1 Å². The van der Waals surface area contributed by atoms with Crippen molar-refractivity contribution in [2.45, 2.75) is 26.3 Å². The lowest BCUT2D eigenvalue weighted by atomic mass is 10.0. The Hall–Kier alpha value is -2.50. The van der Waals surface area contributed by atoms with E-state index in [2.05, 4.69) is 20.8 Å². The largest absolute Gasteiger partial charge is 0.397 e. The molecule has 2 heterocycles. The summed E-state index contributed by atoms with van der Waals surface area (Å²) in [5, 5.41) is 13.1. The van der Waals surface area contributed by atoms with Gasteiger partial charge in [0.25, 0.3) is 0 Å². The van der Waals surface area contributed by atoms with E-state index in [9.17, 15) is 4.79 Å². The number of nitrogens with one attached hydrogen (secondary N) is 3. The van der Waals surface area contributed by atoms with Crippen molar-refractivity contribution in [3.63, 3.8) is 0 Å². The Bertz CT molecular complexity index is 662. The molecule has 0 saturated carbocycles. The highest BCUT2D eigenvalue weighted by Crippen LogP contribution is 2.31. The molecule has 1 amide bonds. The zero-order valence-electron chi connectivity index (χ0n) is 11.3. The molecule has 1 aromatic carbocycles. The van der Waals surface area contributed by atoms with E-state index < -0.39 is 0 Å². The average molecular weight is 271 g/mol. The Morgan fingerprint density at radius 3 is 3.00 bits per heavy atom. The number of aromatic amines is 1. The second-order valence-corrected chi connectivity index (χ2v) is 5.02. The number of anilines is 3. The summed E-state index contributed by atoms with van der Waals surface area (Å²) < 4.78 is 0. The van der Waals surface area contributed by atoms with E-state index in [1.165, 1.54) is 0 Å². The molecule has 6 heteroatoms. The van der Waals surface area contributed by atoms with Gasteiger partial charge in [-0.3, -0.25) is 9.89 Å². The molecule has 0 fully saturated rings. The van der Waals surface area contributed by atoms with Gasteiger partial charge in [0, 0.05) is 29.9 Å². The van der Waals surface area contributed by atoms with Gasteiger partial charge in [0.05, 0.1) is 17.6 Å². The number of H-pyrrole nitrogens is 1. The van der Waals surface area contributed by atoms with Crippen molar-refractivity contribution >= 4 is 23.0 Å². The lowest BCUT2D eigenvalue weighted by Gasteiger charge is -2.19. The van der Waals surface area contributed by atoms with E-state index in [4.69, 9.17) is 5.73 Å². The van der Waals surface area contributed by atoms with Crippen LogP contribution in [0.1, 0.15) is 23.2 Å². The van der Waals surface area contributed by atoms with Crippen LogP contribution >= 0.6 is 0 Å². The number of aromatic nitrogens is 2. The van der Waals surface area contributed by atoms with Gasteiger partial charge in [0.15, 0.2) is 0 Å². The van der Waals surface area contributed by atoms with Gasteiger partial charge in [-0.1, -0.05) is 0 Å². The number of carbonyl (C=O) groups excluding carboxylic acids is 1. The maximum Gasteiger partial charge on any atom is 0.224 e. The number of nitrogen functional groups attached to an aromatic ring is 1. The predicted molar refractivity (Wildman–Crippen MR) is 78.5 cm³/mol. The molecule has 0 spiro atoms. The van der Waals surface area contributed by atoms with E-state index in [1.54, 1.807) is 6.20 Å². The predicted octanol–water partition coefficient (Wildman–Crippen LogP) is 1.80. The molecule has 0 aliphatic carbocycles. The van der Waals surface area contributed by atoms with E-state index in [0.717, 1.165) is 34.6 Å². The van der Waals surface area contributed by atoms with Crippen LogP contribution < -0.4 is 16.4 Å². The molecule has 20 heavy (non-hydrogen) atoms. The average Bonchev–Trinajstić information content (AvgIpc) is 2.82. The third-order valence-electron chi connectivity index (χ3n) is 3.57. The molecule has 0 saturated heterocycles. The lowest BCUT2D eigenvalue weighted by Crippen LogP contribution is -2.19. The summed E-state index contributed by atoms with van der Waals surface area (Å²) in [5.74, 6) is 0.0478. The zero-order chi connectivity index (χ0) is 14.1. The summed E-state index contributed by atoms with van der Waals surface area (Å²) in [6.07, 6.45) is 3.08. The highest BCUT2D eigenvalue weighted by molar-refractivity contribution is 5.95. The number of hydrogen-bond acceptors (Lipinski definition) is 4. The van der Waals surface area contributed by atoms with Crippen molar-refractivity contribution in [2.75, 3.05) is 16.4 Å². The zero-order valence-corrected chi connectivity index (χ0v) is 11.3. The highest BCUT2D eigenvalue weighted by Gasteiger charge is 2.16. The normalized spacial score (nSPS) is 13.8. The van der Waals surface area contributed by atoms with Crippen LogP contribution in [-0.4, -0.2) is 16.1 Å². The van der Waals surface area contributed by atoms with Crippen LogP contribution in [0.3, 0.4) is 0 Å². The first-order valence-electron chi connectivity index (χ1n) is 6.58. The fraction of sp³-hybridized carbons (Fsp3) is 0.286. The van der Waals surface area contributed by atoms with Gasteiger partial charge in [0.2, 0.25) is 5.91 Å². The molecule has 1 aliphatic rings. The second-order valence-electron chi connectivity index (χ2n) is 5.02. The van der Waals surface area contributed by atoms with Crippen LogP contribution in [0.4, 0.5) is 17.1 Å². The Kier molecular flexibility index (Phi) is 3.06. The van der Waals surface area contributed by atoms with Gasteiger partial charge < -0.3 is 16.4 Å². The Labute approximate surface area is 116 Å². The number of hydrogen-bond donors (Lipinski definition) is 4. The first-order chi connectivity index (χ1) is 9.63. The summed E-state index contributed by atoms with van der Waals surface area (Å²) in [5.41, 5.74) is 11.6. The molecule has 6 nitrogen and oxygen atoms in total. The summed E-state index contributed by atoms with van der Waals surface area (Å²) in [6.45, 7) is 2.65. The number of amides is 1. The summed E-state index contributed by atoms with van der Waals surface area (Å²) >= 11 is 0. The van der Waals surface area contributed by atoms with Crippen LogP contribution in [0.5, 0.6) is 0 Å². The smallest absolute Gasteiger partial charge is 0.224 e. The molecule has 2 aromatic rings. The Morgan fingerprint density at radius 1 is 1.40 bits per heavy atom. The molecule has 3 rings (SSSR count). The molecule has 0 atom stereocenters. The van der Waals surface area contributed by atoms with Gasteiger partial charge in [-0.2, -0.15) is 5.10 Å². The minimum atomic E-state index is 0.0478. The molecule has 0 radical (unpaired) electrons. The van der Waals surface area contributed by atoms with Crippen molar-refractivity contribution < 1.29 is 4.79 Å². The maximum atomic E-state index is 11.4. The number of aryl methyl sites for hydroxylation is 2. The van der Waals surface area contributed by atoms with Crippen LogP contribution in [-0.2, 0) is 17.8 Å². The van der Waals surface area contributed by atoms with Crippen LogP contribution in [0, 0.1) is 6.92 Å². The van der Waals surface area contributed by atoms with Crippen molar-refractivity contribution in [3.05, 3.63) is 35.2 Å². The molecule has 0 bridgehead atoms. The van der Waals surface area contributed by atoms with Gasteiger partial charge in [0.1, 0.15) is 0 Å². The summed E-state index contributed by atoms with van der Waals surface area (Å²) in [6, 6.07) is 3.83. The van der Waals surface area contributed by atoms with Crippen LogP contribution in [0.2, 0.25) is 0 Å². The minimum absolute atomic E-state index is 0.0478. The number of benzene rings is 1. The SMILES string of the molecule is Cc1[nH]ncc1CNc1cc2c(cc1N)NC(=O)CC2. The summed E-state index contributed by atoms with van der Waals surface area (Å²) in [7, 11) is 0. The lowest BCUT2D eigenvalue weighted by molar-refractivity contribution is -0.116. The standard InChI is InChI=1S/C14H17N5O/c1-8-10(7-17-19-8)6-16-13-4-9-2-3-14(20)18-12(9)5-11(13)15/h4-5,7,16H,2-3,6,15H2,1H3,(H,17,19)(H,18,20). The molecule has 104 valence electrons. The van der Waals surface area contributed by atoms with Crippen molar-refractivity contribution in [3.8, 4) is 0 Å². The Balaban J connectivity index is 1.80. The molecule has 1 aliphatic heterocycles.